The zero-order valence-electron chi connectivity index (χ0n) is 18.1. The number of rotatable bonds is 3. The van der Waals surface area contributed by atoms with Crippen LogP contribution in [0.3, 0.4) is 0 Å². The lowest BCUT2D eigenvalue weighted by molar-refractivity contribution is -0.127. The van der Waals surface area contributed by atoms with Crippen molar-refractivity contribution in [1.29, 1.82) is 0 Å². The highest BCUT2D eigenvalue weighted by Crippen LogP contribution is 2.30. The number of benzene rings is 2. The highest BCUT2D eigenvalue weighted by molar-refractivity contribution is 6.31. The number of imide groups is 1. The van der Waals surface area contributed by atoms with Gasteiger partial charge in [-0.15, -0.1) is 0 Å². The monoisotopic (exact) mass is 486 g/mol. The number of hydrogen-bond donors (Lipinski definition) is 1. The van der Waals surface area contributed by atoms with Gasteiger partial charge in [0.05, 0.1) is 0 Å². The molecule has 3 amide bonds. The second-order valence-corrected chi connectivity index (χ2v) is 9.21. The molecule has 3 heterocycles. The first kappa shape index (κ1) is 21.9. The standard InChI is InChI=1S/C23H24Cl2N6O2/c1-28-20-19(21(32)27-23(28)33)31(14-15-5-2-3-8-18(15)25)22(26-20)30-11-9-29(10-12-30)17-7-4-6-16(24)13-17/h2-8,13,19-20H,9-12,14H2,1H3,(H,27,32,33). The number of carbonyl (C=O) groups excluding carboxylic acids is 2. The summed E-state index contributed by atoms with van der Waals surface area (Å²) >= 11 is 12.6. The second kappa shape index (κ2) is 8.76. The molecule has 0 radical (unpaired) electrons. The third kappa shape index (κ3) is 4.09. The van der Waals surface area contributed by atoms with Crippen LogP contribution in [0, 0.1) is 0 Å². The Bertz CT molecular complexity index is 1120. The summed E-state index contributed by atoms with van der Waals surface area (Å²) in [5.41, 5.74) is 1.99. The number of likely N-dealkylation sites (N-methyl/N-ethyl adjacent to an activating group) is 1. The van der Waals surface area contributed by atoms with Gasteiger partial charge in [0.25, 0.3) is 5.91 Å². The minimum absolute atomic E-state index is 0.341. The number of hydrogen-bond acceptors (Lipinski definition) is 6. The van der Waals surface area contributed by atoms with Crippen LogP contribution in [-0.2, 0) is 11.3 Å². The molecule has 0 bridgehead atoms. The fraction of sp³-hybridized carbons (Fsp3) is 0.348. The van der Waals surface area contributed by atoms with Crippen LogP contribution in [-0.4, -0.2) is 78.0 Å². The summed E-state index contributed by atoms with van der Waals surface area (Å²) in [6.07, 6.45) is -0.574. The number of halogens is 2. The van der Waals surface area contributed by atoms with Gasteiger partial charge < -0.3 is 19.6 Å². The van der Waals surface area contributed by atoms with E-state index in [1.807, 2.05) is 47.4 Å². The van der Waals surface area contributed by atoms with Crippen LogP contribution in [0.15, 0.2) is 53.5 Å². The van der Waals surface area contributed by atoms with E-state index in [2.05, 4.69) is 21.2 Å². The van der Waals surface area contributed by atoms with Crippen LogP contribution in [0.1, 0.15) is 5.56 Å². The van der Waals surface area contributed by atoms with Crippen LogP contribution >= 0.6 is 23.2 Å². The number of carbonyl (C=O) groups is 2. The average Bonchev–Trinajstić information content (AvgIpc) is 3.19. The summed E-state index contributed by atoms with van der Waals surface area (Å²) in [4.78, 5) is 37.9. The predicted octanol–water partition coefficient (Wildman–Crippen LogP) is 2.86. The molecule has 172 valence electrons. The van der Waals surface area contributed by atoms with E-state index in [1.165, 1.54) is 4.90 Å². The van der Waals surface area contributed by atoms with Gasteiger partial charge in [0.1, 0.15) is 0 Å². The van der Waals surface area contributed by atoms with Crippen molar-refractivity contribution in [3.05, 3.63) is 64.1 Å². The number of anilines is 1. The Hall–Kier alpha value is -2.97. The van der Waals surface area contributed by atoms with Crippen molar-refractivity contribution in [2.75, 3.05) is 38.1 Å². The zero-order chi connectivity index (χ0) is 23.1. The molecule has 5 rings (SSSR count). The maximum atomic E-state index is 12.9. The van der Waals surface area contributed by atoms with Gasteiger partial charge in [0.2, 0.25) is 0 Å². The molecule has 0 aromatic heterocycles. The Morgan fingerprint density at radius 2 is 1.73 bits per heavy atom. The maximum absolute atomic E-state index is 12.9. The van der Waals surface area contributed by atoms with Crippen molar-refractivity contribution in [3.8, 4) is 0 Å². The van der Waals surface area contributed by atoms with E-state index in [9.17, 15) is 9.59 Å². The predicted molar refractivity (Wildman–Crippen MR) is 129 cm³/mol. The van der Waals surface area contributed by atoms with E-state index in [4.69, 9.17) is 28.2 Å². The number of amides is 3. The van der Waals surface area contributed by atoms with Crippen molar-refractivity contribution in [2.24, 2.45) is 4.99 Å². The van der Waals surface area contributed by atoms with Crippen molar-refractivity contribution in [1.82, 2.24) is 20.0 Å². The van der Waals surface area contributed by atoms with Crippen molar-refractivity contribution in [2.45, 2.75) is 18.8 Å². The van der Waals surface area contributed by atoms with Crippen LogP contribution in [0.4, 0.5) is 10.5 Å². The maximum Gasteiger partial charge on any atom is 0.325 e. The Balaban J connectivity index is 1.41. The van der Waals surface area contributed by atoms with E-state index >= 15 is 0 Å². The quantitative estimate of drug-likeness (QED) is 0.721. The van der Waals surface area contributed by atoms with Gasteiger partial charge in [-0.25, -0.2) is 9.79 Å². The highest BCUT2D eigenvalue weighted by atomic mass is 35.5. The van der Waals surface area contributed by atoms with Gasteiger partial charge >= 0.3 is 6.03 Å². The molecule has 2 aromatic rings. The molecule has 3 aliphatic rings. The first-order valence-electron chi connectivity index (χ1n) is 10.8. The Labute approximate surface area is 202 Å². The SMILES string of the molecule is CN1C(=O)NC(=O)C2C1N=C(N1CCN(c3cccc(Cl)c3)CC1)N2Cc1ccccc1Cl. The summed E-state index contributed by atoms with van der Waals surface area (Å²) in [6.45, 7) is 3.45. The molecule has 10 heteroatoms. The molecule has 0 aliphatic carbocycles. The molecule has 8 nitrogen and oxygen atoms in total. The third-order valence-electron chi connectivity index (χ3n) is 6.37. The molecule has 1 N–H and O–H groups in total. The molecule has 33 heavy (non-hydrogen) atoms. The van der Waals surface area contributed by atoms with Crippen LogP contribution in [0.25, 0.3) is 0 Å². The highest BCUT2D eigenvalue weighted by Gasteiger charge is 2.50. The van der Waals surface area contributed by atoms with Gasteiger partial charge in [0, 0.05) is 55.5 Å². The molecule has 0 saturated carbocycles. The fourth-order valence-electron chi connectivity index (χ4n) is 4.59. The Morgan fingerprint density at radius 1 is 1.00 bits per heavy atom. The summed E-state index contributed by atoms with van der Waals surface area (Å²) in [7, 11) is 1.66. The molecular weight excluding hydrogens is 463 g/mol. The number of aliphatic imine (C=N–C) groups is 1. The molecule has 3 aliphatic heterocycles. The van der Waals surface area contributed by atoms with E-state index in [0.29, 0.717) is 22.5 Å². The normalized spacial score (nSPS) is 22.9. The van der Waals surface area contributed by atoms with Gasteiger partial charge in [0.15, 0.2) is 18.2 Å². The lowest BCUT2D eigenvalue weighted by Gasteiger charge is -2.41. The minimum atomic E-state index is -0.607. The number of guanidine groups is 1. The van der Waals surface area contributed by atoms with E-state index < -0.39 is 18.2 Å². The Morgan fingerprint density at radius 3 is 2.45 bits per heavy atom. The smallest absolute Gasteiger partial charge is 0.325 e. The van der Waals surface area contributed by atoms with Gasteiger partial charge in [-0.1, -0.05) is 47.5 Å². The largest absolute Gasteiger partial charge is 0.368 e. The minimum Gasteiger partial charge on any atom is -0.368 e. The molecule has 2 unspecified atom stereocenters. The lowest BCUT2D eigenvalue weighted by Crippen LogP contribution is -2.64. The molecule has 2 atom stereocenters. The summed E-state index contributed by atoms with van der Waals surface area (Å²) < 4.78 is 0. The number of fused-ring (bicyclic) bond motifs is 1. The molecular formula is C23H24Cl2N6O2. The number of nitrogens with zero attached hydrogens (tertiary/aromatic N) is 5. The van der Waals surface area contributed by atoms with Crippen molar-refractivity contribution < 1.29 is 9.59 Å². The summed E-state index contributed by atoms with van der Waals surface area (Å²) in [5.74, 6) is 0.374. The van der Waals surface area contributed by atoms with Crippen LogP contribution in [0.5, 0.6) is 0 Å². The van der Waals surface area contributed by atoms with Crippen molar-refractivity contribution >= 4 is 46.8 Å². The molecule has 2 saturated heterocycles. The lowest BCUT2D eigenvalue weighted by atomic mass is 10.1. The van der Waals surface area contributed by atoms with Gasteiger partial charge in [-0.05, 0) is 29.8 Å². The zero-order valence-corrected chi connectivity index (χ0v) is 19.6. The van der Waals surface area contributed by atoms with E-state index in [1.54, 1.807) is 7.05 Å². The number of nitrogens with one attached hydrogen (secondary N) is 1. The van der Waals surface area contributed by atoms with Gasteiger partial charge in [-0.2, -0.15) is 0 Å². The summed E-state index contributed by atoms with van der Waals surface area (Å²) in [5, 5.41) is 3.79. The molecule has 2 aromatic carbocycles. The first-order valence-corrected chi connectivity index (χ1v) is 11.6. The fourth-order valence-corrected chi connectivity index (χ4v) is 4.97. The third-order valence-corrected chi connectivity index (χ3v) is 6.98. The average molecular weight is 487 g/mol. The number of urea groups is 1. The van der Waals surface area contributed by atoms with Crippen molar-refractivity contribution in [3.63, 3.8) is 0 Å². The van der Waals surface area contributed by atoms with Crippen LogP contribution in [0.2, 0.25) is 10.0 Å². The first-order chi connectivity index (χ1) is 15.9. The number of piperazine rings is 1. The van der Waals surface area contributed by atoms with Gasteiger partial charge in [-0.3, -0.25) is 10.1 Å². The summed E-state index contributed by atoms with van der Waals surface area (Å²) in [6, 6.07) is 14.4. The molecule has 2 fully saturated rings. The van der Waals surface area contributed by atoms with E-state index in [0.717, 1.165) is 37.4 Å². The van der Waals surface area contributed by atoms with Crippen LogP contribution < -0.4 is 10.2 Å². The molecule has 0 spiro atoms. The van der Waals surface area contributed by atoms with E-state index in [-0.39, 0.29) is 5.91 Å². The second-order valence-electron chi connectivity index (χ2n) is 8.37. The topological polar surface area (TPSA) is 71.5 Å². The Kier molecular flexibility index (Phi) is 5.80.